The third kappa shape index (κ3) is 4.97. The SMILES string of the molecule is CC.CCCc1cn(CCCN)nn1. The molecule has 0 aromatic carbocycles. The van der Waals surface area contributed by atoms with Crippen LogP contribution in [0.15, 0.2) is 6.20 Å². The van der Waals surface area contributed by atoms with Gasteiger partial charge in [-0.05, 0) is 19.4 Å². The molecule has 4 heteroatoms. The third-order valence-corrected chi connectivity index (χ3v) is 1.68. The molecule has 0 fully saturated rings. The smallest absolute Gasteiger partial charge is 0.0827 e. The van der Waals surface area contributed by atoms with Crippen LogP contribution >= 0.6 is 0 Å². The van der Waals surface area contributed by atoms with Crippen molar-refractivity contribution in [2.24, 2.45) is 5.73 Å². The van der Waals surface area contributed by atoms with Crippen molar-refractivity contribution in [2.45, 2.75) is 46.6 Å². The lowest BCUT2D eigenvalue weighted by Crippen LogP contribution is -2.06. The van der Waals surface area contributed by atoms with Crippen LogP contribution in [0.4, 0.5) is 0 Å². The van der Waals surface area contributed by atoms with Gasteiger partial charge in [-0.25, -0.2) is 0 Å². The van der Waals surface area contributed by atoms with Crippen LogP contribution < -0.4 is 5.73 Å². The molecule has 1 aromatic rings. The number of hydrogen-bond donors (Lipinski definition) is 1. The van der Waals surface area contributed by atoms with Crippen LogP contribution in [-0.2, 0) is 13.0 Å². The molecule has 0 saturated carbocycles. The fraction of sp³-hybridized carbons (Fsp3) is 0.800. The zero-order valence-corrected chi connectivity index (χ0v) is 9.53. The predicted octanol–water partition coefficient (Wildman–Crippen LogP) is 1.61. The molecule has 0 atom stereocenters. The Morgan fingerprint density at radius 1 is 1.43 bits per heavy atom. The van der Waals surface area contributed by atoms with Crippen LogP contribution in [0, 0.1) is 0 Å². The van der Waals surface area contributed by atoms with Gasteiger partial charge in [-0.1, -0.05) is 32.4 Å². The maximum absolute atomic E-state index is 5.38. The molecule has 4 nitrogen and oxygen atoms in total. The third-order valence-electron chi connectivity index (χ3n) is 1.68. The zero-order valence-electron chi connectivity index (χ0n) is 9.53. The van der Waals surface area contributed by atoms with Gasteiger partial charge in [0.1, 0.15) is 0 Å². The Balaban J connectivity index is 0.000000791. The van der Waals surface area contributed by atoms with Gasteiger partial charge in [0.25, 0.3) is 0 Å². The second-order valence-electron chi connectivity index (χ2n) is 2.87. The molecule has 1 rings (SSSR count). The molecular weight excluding hydrogens is 176 g/mol. The Bertz CT molecular complexity index is 220. The van der Waals surface area contributed by atoms with E-state index < -0.39 is 0 Å². The van der Waals surface area contributed by atoms with Crippen molar-refractivity contribution < 1.29 is 0 Å². The summed E-state index contributed by atoms with van der Waals surface area (Å²) in [7, 11) is 0. The minimum atomic E-state index is 0.711. The van der Waals surface area contributed by atoms with E-state index in [4.69, 9.17) is 5.73 Å². The summed E-state index contributed by atoms with van der Waals surface area (Å²) < 4.78 is 1.86. The Hall–Kier alpha value is -0.900. The molecule has 82 valence electrons. The van der Waals surface area contributed by atoms with Gasteiger partial charge in [-0.15, -0.1) is 5.10 Å². The van der Waals surface area contributed by atoms with Crippen LogP contribution in [0.1, 0.15) is 39.3 Å². The number of nitrogens with zero attached hydrogens (tertiary/aromatic N) is 3. The predicted molar refractivity (Wildman–Crippen MR) is 59.0 cm³/mol. The van der Waals surface area contributed by atoms with Crippen LogP contribution in [-0.4, -0.2) is 21.5 Å². The molecule has 0 aliphatic rings. The summed E-state index contributed by atoms with van der Waals surface area (Å²) in [6, 6.07) is 0. The molecule has 0 unspecified atom stereocenters. The van der Waals surface area contributed by atoms with E-state index in [1.807, 2.05) is 24.7 Å². The lowest BCUT2D eigenvalue weighted by atomic mass is 10.3. The van der Waals surface area contributed by atoms with Crippen molar-refractivity contribution >= 4 is 0 Å². The Kier molecular flexibility index (Phi) is 8.13. The van der Waals surface area contributed by atoms with E-state index in [9.17, 15) is 0 Å². The van der Waals surface area contributed by atoms with Crippen LogP contribution in [0.2, 0.25) is 0 Å². The van der Waals surface area contributed by atoms with Crippen molar-refractivity contribution in [3.05, 3.63) is 11.9 Å². The second kappa shape index (κ2) is 8.69. The highest BCUT2D eigenvalue weighted by Crippen LogP contribution is 1.97. The Morgan fingerprint density at radius 3 is 2.71 bits per heavy atom. The molecule has 0 spiro atoms. The molecule has 0 radical (unpaired) electrons. The first-order chi connectivity index (χ1) is 6.86. The van der Waals surface area contributed by atoms with Crippen LogP contribution in [0.3, 0.4) is 0 Å². The quantitative estimate of drug-likeness (QED) is 0.782. The molecule has 0 amide bonds. The molecule has 1 aromatic heterocycles. The maximum atomic E-state index is 5.38. The number of aromatic nitrogens is 3. The maximum Gasteiger partial charge on any atom is 0.0827 e. The van der Waals surface area contributed by atoms with Crippen molar-refractivity contribution in [1.29, 1.82) is 0 Å². The summed E-state index contributed by atoms with van der Waals surface area (Å²) in [5, 5.41) is 8.01. The van der Waals surface area contributed by atoms with E-state index in [0.29, 0.717) is 6.54 Å². The van der Waals surface area contributed by atoms with Crippen LogP contribution in [0.5, 0.6) is 0 Å². The monoisotopic (exact) mass is 198 g/mol. The van der Waals surface area contributed by atoms with Crippen LogP contribution in [0.25, 0.3) is 0 Å². The number of hydrogen-bond acceptors (Lipinski definition) is 3. The summed E-state index contributed by atoms with van der Waals surface area (Å²) in [6.07, 6.45) is 5.10. The van der Waals surface area contributed by atoms with Gasteiger partial charge >= 0.3 is 0 Å². The minimum Gasteiger partial charge on any atom is -0.330 e. The molecule has 0 bridgehead atoms. The summed E-state index contributed by atoms with van der Waals surface area (Å²) >= 11 is 0. The van der Waals surface area contributed by atoms with Gasteiger partial charge in [-0.2, -0.15) is 0 Å². The Labute approximate surface area is 86.5 Å². The molecule has 0 saturated heterocycles. The average Bonchev–Trinajstić information content (AvgIpc) is 2.66. The Morgan fingerprint density at radius 2 is 2.14 bits per heavy atom. The number of aryl methyl sites for hydroxylation is 2. The summed E-state index contributed by atoms with van der Waals surface area (Å²) in [5.74, 6) is 0. The topological polar surface area (TPSA) is 56.7 Å². The largest absolute Gasteiger partial charge is 0.330 e. The van der Waals surface area contributed by atoms with E-state index in [2.05, 4.69) is 17.2 Å². The van der Waals surface area contributed by atoms with Gasteiger partial charge in [0.15, 0.2) is 0 Å². The summed E-state index contributed by atoms with van der Waals surface area (Å²) in [6.45, 7) is 7.73. The molecule has 2 N–H and O–H groups in total. The fourth-order valence-electron chi connectivity index (χ4n) is 1.07. The second-order valence-corrected chi connectivity index (χ2v) is 2.87. The van der Waals surface area contributed by atoms with Crippen molar-refractivity contribution in [1.82, 2.24) is 15.0 Å². The lowest BCUT2D eigenvalue weighted by molar-refractivity contribution is 0.564. The lowest BCUT2D eigenvalue weighted by Gasteiger charge is -1.95. The molecule has 14 heavy (non-hydrogen) atoms. The van der Waals surface area contributed by atoms with E-state index in [1.165, 1.54) is 0 Å². The summed E-state index contributed by atoms with van der Waals surface area (Å²) in [4.78, 5) is 0. The molecular formula is C10H22N4. The fourth-order valence-corrected chi connectivity index (χ4v) is 1.07. The van der Waals surface area contributed by atoms with E-state index >= 15 is 0 Å². The molecule has 0 aliphatic carbocycles. The first-order valence-corrected chi connectivity index (χ1v) is 5.46. The average molecular weight is 198 g/mol. The molecule has 0 aliphatic heterocycles. The highest BCUT2D eigenvalue weighted by molar-refractivity contribution is 4.91. The highest BCUT2D eigenvalue weighted by Gasteiger charge is 1.97. The number of nitrogens with two attached hydrogens (primary N) is 1. The van der Waals surface area contributed by atoms with Crippen molar-refractivity contribution in [2.75, 3.05) is 6.54 Å². The van der Waals surface area contributed by atoms with Gasteiger partial charge in [0.2, 0.25) is 0 Å². The first kappa shape index (κ1) is 13.1. The first-order valence-electron chi connectivity index (χ1n) is 5.46. The van der Waals surface area contributed by atoms with E-state index in [1.54, 1.807) is 0 Å². The number of rotatable bonds is 5. The van der Waals surface area contributed by atoms with Gasteiger partial charge in [-0.3, -0.25) is 4.68 Å². The zero-order chi connectivity index (χ0) is 10.8. The van der Waals surface area contributed by atoms with E-state index in [-0.39, 0.29) is 0 Å². The van der Waals surface area contributed by atoms with Crippen molar-refractivity contribution in [3.63, 3.8) is 0 Å². The van der Waals surface area contributed by atoms with Gasteiger partial charge in [0, 0.05) is 12.7 Å². The van der Waals surface area contributed by atoms with Gasteiger partial charge < -0.3 is 5.73 Å². The minimum absolute atomic E-state index is 0.711. The van der Waals surface area contributed by atoms with Crippen molar-refractivity contribution in [3.8, 4) is 0 Å². The van der Waals surface area contributed by atoms with Gasteiger partial charge in [0.05, 0.1) is 5.69 Å². The van der Waals surface area contributed by atoms with E-state index in [0.717, 1.165) is 31.5 Å². The molecule has 1 heterocycles. The normalized spacial score (nSPS) is 9.43. The highest BCUT2D eigenvalue weighted by atomic mass is 15.4. The summed E-state index contributed by atoms with van der Waals surface area (Å²) in [5.41, 5.74) is 6.46. The standard InChI is InChI=1S/C8H16N4.C2H6/c1-2-4-8-7-12(11-10-8)6-3-5-9;1-2/h7H,2-6,9H2,1H3;1-2H3.